The van der Waals surface area contributed by atoms with Crippen LogP contribution in [0.4, 0.5) is 5.69 Å². The molecule has 1 aromatic heterocycles. The summed E-state index contributed by atoms with van der Waals surface area (Å²) in [6, 6.07) is 15.0. The highest BCUT2D eigenvalue weighted by Gasteiger charge is 2.16. The quantitative estimate of drug-likeness (QED) is 0.700. The molecule has 6 heteroatoms. The van der Waals surface area contributed by atoms with Crippen molar-refractivity contribution in [3.8, 4) is 11.3 Å². The molecule has 0 fully saturated rings. The third-order valence-corrected chi connectivity index (χ3v) is 3.83. The van der Waals surface area contributed by atoms with Gasteiger partial charge in [0.15, 0.2) is 0 Å². The number of hydrogen-bond acceptors (Lipinski definition) is 3. The van der Waals surface area contributed by atoms with Gasteiger partial charge < -0.3 is 14.8 Å². The Morgan fingerprint density at radius 3 is 2.56 bits per heavy atom. The van der Waals surface area contributed by atoms with E-state index in [1.807, 2.05) is 13.0 Å². The Morgan fingerprint density at radius 1 is 1.08 bits per heavy atom. The second kappa shape index (κ2) is 6.83. The molecule has 0 unspecified atom stereocenters. The number of carboxylic acid groups (broad SMARTS) is 1. The van der Waals surface area contributed by atoms with E-state index in [2.05, 4.69) is 5.32 Å². The predicted octanol–water partition coefficient (Wildman–Crippen LogP) is 4.86. The molecular formula is C19H14ClNO4. The first-order valence-corrected chi connectivity index (χ1v) is 7.83. The lowest BCUT2D eigenvalue weighted by molar-refractivity contribution is 0.0663. The Balaban J connectivity index is 1.96. The summed E-state index contributed by atoms with van der Waals surface area (Å²) in [5.74, 6) is -1.31. The van der Waals surface area contributed by atoms with Gasteiger partial charge in [0.25, 0.3) is 5.91 Å². The minimum Gasteiger partial charge on any atom is -0.475 e. The van der Waals surface area contributed by atoms with Crippen molar-refractivity contribution < 1.29 is 19.1 Å². The van der Waals surface area contributed by atoms with Gasteiger partial charge >= 0.3 is 5.97 Å². The summed E-state index contributed by atoms with van der Waals surface area (Å²) in [7, 11) is 0. The van der Waals surface area contributed by atoms with Crippen molar-refractivity contribution in [1.29, 1.82) is 0 Å². The molecule has 25 heavy (non-hydrogen) atoms. The zero-order valence-corrected chi connectivity index (χ0v) is 14.0. The van der Waals surface area contributed by atoms with E-state index >= 15 is 0 Å². The summed E-state index contributed by atoms with van der Waals surface area (Å²) in [6.07, 6.45) is 0. The Morgan fingerprint density at radius 2 is 1.88 bits per heavy atom. The number of aromatic carboxylic acids is 1. The van der Waals surface area contributed by atoms with Crippen LogP contribution in [-0.2, 0) is 0 Å². The van der Waals surface area contributed by atoms with Crippen LogP contribution in [0, 0.1) is 6.92 Å². The Labute approximate surface area is 148 Å². The van der Waals surface area contributed by atoms with Gasteiger partial charge in [-0.2, -0.15) is 0 Å². The van der Waals surface area contributed by atoms with E-state index in [1.165, 1.54) is 12.1 Å². The minimum atomic E-state index is -1.16. The van der Waals surface area contributed by atoms with E-state index in [-0.39, 0.29) is 11.7 Å². The Hall–Kier alpha value is -3.05. The fourth-order valence-electron chi connectivity index (χ4n) is 2.41. The SMILES string of the molecule is Cc1cccc(C(=O)Nc2cc(Cl)ccc2-c2ccc(C(=O)O)o2)c1. The molecular weight excluding hydrogens is 342 g/mol. The normalized spacial score (nSPS) is 10.5. The molecule has 0 radical (unpaired) electrons. The van der Waals surface area contributed by atoms with Gasteiger partial charge in [-0.1, -0.05) is 29.3 Å². The predicted molar refractivity (Wildman–Crippen MR) is 95.2 cm³/mol. The second-order valence-corrected chi connectivity index (χ2v) is 5.92. The molecule has 3 rings (SSSR count). The molecule has 2 aromatic carbocycles. The van der Waals surface area contributed by atoms with Gasteiger partial charge in [0.2, 0.25) is 5.76 Å². The van der Waals surface area contributed by atoms with Crippen LogP contribution in [0.2, 0.25) is 5.02 Å². The van der Waals surface area contributed by atoms with Crippen LogP contribution in [0.15, 0.2) is 59.0 Å². The van der Waals surface area contributed by atoms with Gasteiger partial charge in [0, 0.05) is 16.1 Å². The lowest BCUT2D eigenvalue weighted by atomic mass is 10.1. The van der Waals surface area contributed by atoms with Gasteiger partial charge in [0.1, 0.15) is 5.76 Å². The van der Waals surface area contributed by atoms with Crippen molar-refractivity contribution in [2.75, 3.05) is 5.32 Å². The van der Waals surface area contributed by atoms with Crippen LogP contribution < -0.4 is 5.32 Å². The first kappa shape index (κ1) is 16.8. The van der Waals surface area contributed by atoms with Crippen LogP contribution in [0.5, 0.6) is 0 Å². The number of carboxylic acids is 1. The molecule has 0 aliphatic rings. The molecule has 0 atom stereocenters. The third-order valence-electron chi connectivity index (χ3n) is 3.59. The summed E-state index contributed by atoms with van der Waals surface area (Å²) >= 11 is 6.04. The molecule has 5 nitrogen and oxygen atoms in total. The van der Waals surface area contributed by atoms with Crippen LogP contribution in [-0.4, -0.2) is 17.0 Å². The number of carbonyl (C=O) groups excluding carboxylic acids is 1. The number of rotatable bonds is 4. The maximum atomic E-state index is 12.5. The van der Waals surface area contributed by atoms with Crippen molar-refractivity contribution in [3.63, 3.8) is 0 Å². The third kappa shape index (κ3) is 3.72. The molecule has 2 N–H and O–H groups in total. The van der Waals surface area contributed by atoms with E-state index in [9.17, 15) is 9.59 Å². The summed E-state index contributed by atoms with van der Waals surface area (Å²) in [5, 5.41) is 12.2. The van der Waals surface area contributed by atoms with E-state index in [0.29, 0.717) is 27.6 Å². The monoisotopic (exact) mass is 355 g/mol. The average molecular weight is 356 g/mol. The maximum Gasteiger partial charge on any atom is 0.371 e. The first-order valence-electron chi connectivity index (χ1n) is 7.45. The molecule has 0 spiro atoms. The summed E-state index contributed by atoms with van der Waals surface area (Å²) < 4.78 is 5.32. The largest absolute Gasteiger partial charge is 0.475 e. The number of benzene rings is 2. The topological polar surface area (TPSA) is 79.5 Å². The molecule has 0 bridgehead atoms. The van der Waals surface area contributed by atoms with Gasteiger partial charge in [-0.05, 0) is 49.4 Å². The highest BCUT2D eigenvalue weighted by molar-refractivity contribution is 6.31. The number of carbonyl (C=O) groups is 2. The van der Waals surface area contributed by atoms with Crippen LogP contribution in [0.3, 0.4) is 0 Å². The highest BCUT2D eigenvalue weighted by Crippen LogP contribution is 2.32. The number of furan rings is 1. The van der Waals surface area contributed by atoms with Crippen molar-refractivity contribution in [2.24, 2.45) is 0 Å². The van der Waals surface area contributed by atoms with E-state index < -0.39 is 5.97 Å². The van der Waals surface area contributed by atoms with E-state index in [0.717, 1.165) is 5.56 Å². The number of amides is 1. The second-order valence-electron chi connectivity index (χ2n) is 5.48. The number of hydrogen-bond donors (Lipinski definition) is 2. The van der Waals surface area contributed by atoms with Crippen LogP contribution >= 0.6 is 11.6 Å². The molecule has 1 amide bonds. The van der Waals surface area contributed by atoms with Gasteiger partial charge in [0.05, 0.1) is 5.69 Å². The van der Waals surface area contributed by atoms with Gasteiger partial charge in [-0.3, -0.25) is 4.79 Å². The lowest BCUT2D eigenvalue weighted by Crippen LogP contribution is -2.12. The molecule has 1 heterocycles. The Kier molecular flexibility index (Phi) is 4.59. The smallest absolute Gasteiger partial charge is 0.371 e. The van der Waals surface area contributed by atoms with Gasteiger partial charge in [-0.25, -0.2) is 4.79 Å². The number of nitrogens with one attached hydrogen (secondary N) is 1. The minimum absolute atomic E-state index is 0.180. The first-order chi connectivity index (χ1) is 11.9. The van der Waals surface area contributed by atoms with Crippen molar-refractivity contribution in [3.05, 3.63) is 76.5 Å². The molecule has 3 aromatic rings. The van der Waals surface area contributed by atoms with Crippen LogP contribution in [0.25, 0.3) is 11.3 Å². The molecule has 0 aliphatic heterocycles. The zero-order chi connectivity index (χ0) is 18.0. The highest BCUT2D eigenvalue weighted by atomic mass is 35.5. The van der Waals surface area contributed by atoms with E-state index in [4.69, 9.17) is 21.1 Å². The van der Waals surface area contributed by atoms with Crippen molar-refractivity contribution >= 4 is 29.2 Å². The summed E-state index contributed by atoms with van der Waals surface area (Å²) in [4.78, 5) is 23.5. The fraction of sp³-hybridized carbons (Fsp3) is 0.0526. The molecule has 0 saturated heterocycles. The van der Waals surface area contributed by atoms with E-state index in [1.54, 1.807) is 36.4 Å². The lowest BCUT2D eigenvalue weighted by Gasteiger charge is -2.10. The number of halogens is 1. The average Bonchev–Trinajstić information content (AvgIpc) is 3.05. The van der Waals surface area contributed by atoms with Crippen molar-refractivity contribution in [2.45, 2.75) is 6.92 Å². The standard InChI is InChI=1S/C19H14ClNO4/c1-11-3-2-4-12(9-11)18(22)21-15-10-13(20)5-6-14(15)16-7-8-17(25-16)19(23)24/h2-10H,1H3,(H,21,22)(H,23,24). The zero-order valence-electron chi connectivity index (χ0n) is 13.2. The summed E-state index contributed by atoms with van der Waals surface area (Å²) in [5.41, 5.74) is 2.45. The number of aryl methyl sites for hydroxylation is 1. The maximum absolute atomic E-state index is 12.5. The summed E-state index contributed by atoms with van der Waals surface area (Å²) in [6.45, 7) is 1.90. The van der Waals surface area contributed by atoms with Gasteiger partial charge in [-0.15, -0.1) is 0 Å². The Bertz CT molecular complexity index is 962. The molecule has 0 saturated carbocycles. The molecule has 0 aliphatic carbocycles. The molecule has 126 valence electrons. The fourth-order valence-corrected chi connectivity index (χ4v) is 2.59. The number of anilines is 1. The van der Waals surface area contributed by atoms with Crippen molar-refractivity contribution in [1.82, 2.24) is 0 Å². The van der Waals surface area contributed by atoms with Crippen LogP contribution in [0.1, 0.15) is 26.5 Å².